The van der Waals surface area contributed by atoms with Crippen LogP contribution in [0.1, 0.15) is 43.0 Å². The first-order valence-corrected chi connectivity index (χ1v) is 6.00. The minimum atomic E-state index is -0.986. The van der Waals surface area contributed by atoms with Gasteiger partial charge in [-0.1, -0.05) is 12.8 Å². The van der Waals surface area contributed by atoms with Crippen molar-refractivity contribution in [1.82, 2.24) is 9.97 Å². The number of hydrogen-bond acceptors (Lipinski definition) is 4. The number of carboxylic acid groups (broad SMARTS) is 1. The van der Waals surface area contributed by atoms with Crippen molar-refractivity contribution in [2.75, 3.05) is 11.4 Å². The van der Waals surface area contributed by atoms with Crippen LogP contribution in [-0.4, -0.2) is 33.6 Å². The molecule has 1 aliphatic rings. The summed E-state index contributed by atoms with van der Waals surface area (Å²) in [6.07, 6.45) is 7.53. The first-order valence-electron chi connectivity index (χ1n) is 6.00. The van der Waals surface area contributed by atoms with E-state index in [0.717, 1.165) is 19.4 Å². The average Bonchev–Trinajstić information content (AvgIpc) is 2.54. The van der Waals surface area contributed by atoms with Gasteiger partial charge in [0.2, 0.25) is 5.95 Å². The lowest BCUT2D eigenvalue weighted by atomic mass is 10.1. The van der Waals surface area contributed by atoms with Crippen LogP contribution >= 0.6 is 0 Å². The molecule has 0 bridgehead atoms. The molecule has 5 heteroatoms. The zero-order chi connectivity index (χ0) is 12.3. The van der Waals surface area contributed by atoms with E-state index in [0.29, 0.717) is 12.0 Å². The van der Waals surface area contributed by atoms with Crippen LogP contribution in [-0.2, 0) is 0 Å². The summed E-state index contributed by atoms with van der Waals surface area (Å²) in [5.41, 5.74) is 0.135. The summed E-state index contributed by atoms with van der Waals surface area (Å²) in [6, 6.07) is 0.424. The molecule has 1 saturated heterocycles. The van der Waals surface area contributed by atoms with Crippen molar-refractivity contribution in [1.29, 1.82) is 0 Å². The second-order valence-electron chi connectivity index (χ2n) is 4.47. The van der Waals surface area contributed by atoms with Gasteiger partial charge in [0.1, 0.15) is 0 Å². The zero-order valence-corrected chi connectivity index (χ0v) is 9.96. The van der Waals surface area contributed by atoms with Gasteiger partial charge in [-0.15, -0.1) is 0 Å². The van der Waals surface area contributed by atoms with Gasteiger partial charge in [0, 0.05) is 25.0 Å². The molecule has 1 aromatic rings. The Bertz CT molecular complexity index is 391. The molecule has 0 aromatic carbocycles. The number of rotatable bonds is 2. The minimum absolute atomic E-state index is 0.135. The van der Waals surface area contributed by atoms with Crippen LogP contribution in [0.15, 0.2) is 12.4 Å². The van der Waals surface area contributed by atoms with Gasteiger partial charge < -0.3 is 10.0 Å². The summed E-state index contributed by atoms with van der Waals surface area (Å²) < 4.78 is 0. The van der Waals surface area contributed by atoms with E-state index >= 15 is 0 Å². The number of aromatic nitrogens is 2. The third-order valence-corrected chi connectivity index (χ3v) is 3.20. The lowest BCUT2D eigenvalue weighted by Gasteiger charge is -2.26. The highest BCUT2D eigenvalue weighted by molar-refractivity contribution is 5.86. The molecule has 92 valence electrons. The Morgan fingerprint density at radius 2 is 2.06 bits per heavy atom. The van der Waals surface area contributed by atoms with E-state index in [1.165, 1.54) is 25.2 Å². The van der Waals surface area contributed by atoms with Crippen molar-refractivity contribution >= 4 is 11.9 Å². The van der Waals surface area contributed by atoms with Crippen LogP contribution in [0.25, 0.3) is 0 Å². The van der Waals surface area contributed by atoms with E-state index in [-0.39, 0.29) is 5.56 Å². The maximum absolute atomic E-state index is 10.7. The second-order valence-corrected chi connectivity index (χ2v) is 4.47. The van der Waals surface area contributed by atoms with Gasteiger partial charge in [-0.25, -0.2) is 14.8 Å². The third kappa shape index (κ3) is 2.72. The predicted molar refractivity (Wildman–Crippen MR) is 64.3 cm³/mol. The van der Waals surface area contributed by atoms with Gasteiger partial charge in [0.25, 0.3) is 0 Å². The number of carbonyl (C=O) groups is 1. The van der Waals surface area contributed by atoms with Crippen molar-refractivity contribution in [3.63, 3.8) is 0 Å². The van der Waals surface area contributed by atoms with Crippen molar-refractivity contribution in [2.45, 2.75) is 38.6 Å². The molecule has 0 spiro atoms. The lowest BCUT2D eigenvalue weighted by molar-refractivity contribution is 0.0696. The van der Waals surface area contributed by atoms with Crippen LogP contribution in [0.3, 0.4) is 0 Å². The highest BCUT2D eigenvalue weighted by atomic mass is 16.4. The summed E-state index contributed by atoms with van der Waals surface area (Å²) in [7, 11) is 0. The molecule has 2 rings (SSSR count). The fraction of sp³-hybridized carbons (Fsp3) is 0.583. The van der Waals surface area contributed by atoms with Gasteiger partial charge in [0.15, 0.2) is 0 Å². The Morgan fingerprint density at radius 3 is 2.71 bits per heavy atom. The molecule has 1 aromatic heterocycles. The maximum Gasteiger partial charge on any atom is 0.338 e. The maximum atomic E-state index is 10.7. The standard InChI is InChI=1S/C12H17N3O2/c1-9-5-3-2-4-6-15(9)12-13-7-10(8-14-12)11(16)17/h7-9H,2-6H2,1H3,(H,16,17). The van der Waals surface area contributed by atoms with Crippen LogP contribution in [0, 0.1) is 0 Å². The molecule has 0 saturated carbocycles. The van der Waals surface area contributed by atoms with E-state index in [9.17, 15) is 4.79 Å². The lowest BCUT2D eigenvalue weighted by Crippen LogP contribution is -2.33. The summed E-state index contributed by atoms with van der Waals surface area (Å²) >= 11 is 0. The molecule has 1 atom stereocenters. The van der Waals surface area contributed by atoms with Crippen molar-refractivity contribution < 1.29 is 9.90 Å². The predicted octanol–water partition coefficient (Wildman–Crippen LogP) is 1.94. The molecule has 1 unspecified atom stereocenters. The Kier molecular flexibility index (Phi) is 3.56. The smallest absolute Gasteiger partial charge is 0.338 e. The number of anilines is 1. The summed E-state index contributed by atoms with van der Waals surface area (Å²) in [6.45, 7) is 3.12. The van der Waals surface area contributed by atoms with Crippen LogP contribution in [0.2, 0.25) is 0 Å². The van der Waals surface area contributed by atoms with Crippen LogP contribution < -0.4 is 4.90 Å². The molecule has 0 aliphatic carbocycles. The quantitative estimate of drug-likeness (QED) is 0.848. The average molecular weight is 235 g/mol. The van der Waals surface area contributed by atoms with E-state index in [4.69, 9.17) is 5.11 Å². The van der Waals surface area contributed by atoms with E-state index < -0.39 is 5.97 Å². The fourth-order valence-corrected chi connectivity index (χ4v) is 2.15. The first-order chi connectivity index (χ1) is 8.18. The van der Waals surface area contributed by atoms with Crippen LogP contribution in [0.4, 0.5) is 5.95 Å². The van der Waals surface area contributed by atoms with Gasteiger partial charge in [-0.3, -0.25) is 0 Å². The van der Waals surface area contributed by atoms with Gasteiger partial charge in [0.05, 0.1) is 5.56 Å². The second kappa shape index (κ2) is 5.12. The third-order valence-electron chi connectivity index (χ3n) is 3.20. The molecule has 1 N–H and O–H groups in total. The molecule has 1 fully saturated rings. The Morgan fingerprint density at radius 1 is 1.35 bits per heavy atom. The number of aromatic carboxylic acids is 1. The summed E-state index contributed by atoms with van der Waals surface area (Å²) in [4.78, 5) is 21.2. The normalized spacial score (nSPS) is 21.0. The number of nitrogens with zero attached hydrogens (tertiary/aromatic N) is 3. The van der Waals surface area contributed by atoms with Gasteiger partial charge >= 0.3 is 5.97 Å². The largest absolute Gasteiger partial charge is 0.478 e. The highest BCUT2D eigenvalue weighted by Crippen LogP contribution is 2.20. The number of hydrogen-bond donors (Lipinski definition) is 1. The summed E-state index contributed by atoms with van der Waals surface area (Å²) in [5, 5.41) is 8.79. The van der Waals surface area contributed by atoms with Crippen molar-refractivity contribution in [2.24, 2.45) is 0 Å². The molecule has 17 heavy (non-hydrogen) atoms. The van der Waals surface area contributed by atoms with E-state index in [1.54, 1.807) is 0 Å². The van der Waals surface area contributed by atoms with Gasteiger partial charge in [-0.2, -0.15) is 0 Å². The van der Waals surface area contributed by atoms with E-state index in [2.05, 4.69) is 21.8 Å². The van der Waals surface area contributed by atoms with Crippen molar-refractivity contribution in [3.05, 3.63) is 18.0 Å². The molecule has 1 aliphatic heterocycles. The topological polar surface area (TPSA) is 66.3 Å². The molecule has 0 amide bonds. The number of carboxylic acids is 1. The first kappa shape index (κ1) is 11.8. The van der Waals surface area contributed by atoms with Crippen molar-refractivity contribution in [3.8, 4) is 0 Å². The molecule has 5 nitrogen and oxygen atoms in total. The highest BCUT2D eigenvalue weighted by Gasteiger charge is 2.19. The Labute approximate surface area is 100 Å². The molecule has 2 heterocycles. The molecule has 0 radical (unpaired) electrons. The molecular formula is C12H17N3O2. The van der Waals surface area contributed by atoms with E-state index in [1.807, 2.05) is 0 Å². The SMILES string of the molecule is CC1CCCCCN1c1ncc(C(=O)O)cn1. The van der Waals surface area contributed by atoms with Crippen LogP contribution in [0.5, 0.6) is 0 Å². The minimum Gasteiger partial charge on any atom is -0.478 e. The fourth-order valence-electron chi connectivity index (χ4n) is 2.15. The molecular weight excluding hydrogens is 218 g/mol. The Balaban J connectivity index is 2.17. The zero-order valence-electron chi connectivity index (χ0n) is 9.96. The Hall–Kier alpha value is -1.65. The summed E-state index contributed by atoms with van der Waals surface area (Å²) in [5.74, 6) is -0.343. The monoisotopic (exact) mass is 235 g/mol. The van der Waals surface area contributed by atoms with Gasteiger partial charge in [-0.05, 0) is 19.8 Å².